The predicted octanol–water partition coefficient (Wildman–Crippen LogP) is 2.65. The van der Waals surface area contributed by atoms with Crippen LogP contribution < -0.4 is 0 Å². The Bertz CT molecular complexity index is 845. The maximum Gasteiger partial charge on any atom is 0.311 e. The highest BCUT2D eigenvalue weighted by Gasteiger charge is 2.49. The topological polar surface area (TPSA) is 65.6 Å². The summed E-state index contributed by atoms with van der Waals surface area (Å²) in [5.74, 6) is 0.0541. The number of nitrogens with zero attached hydrogens (tertiary/aromatic N) is 1. The van der Waals surface area contributed by atoms with Crippen LogP contribution in [0.4, 0.5) is 0 Å². The fourth-order valence-electron chi connectivity index (χ4n) is 5.80. The molecule has 0 unspecified atom stereocenters. The molecule has 2 fully saturated rings. The molecule has 1 aliphatic carbocycles. The molecule has 0 radical (unpaired) electrons. The molecule has 3 aliphatic rings. The molecule has 5 heteroatoms. The van der Waals surface area contributed by atoms with Crippen LogP contribution in [0.5, 0.6) is 0 Å². The molecule has 1 aromatic carbocycles. The third kappa shape index (κ3) is 2.33. The van der Waals surface area contributed by atoms with Gasteiger partial charge in [0.15, 0.2) is 0 Å². The lowest BCUT2D eigenvalue weighted by Gasteiger charge is -2.50. The molecule has 0 amide bonds. The Hall–Kier alpha value is -1.85. The van der Waals surface area contributed by atoms with Crippen LogP contribution in [0.3, 0.4) is 0 Å². The molecule has 2 aromatic rings. The van der Waals surface area contributed by atoms with E-state index >= 15 is 0 Å². The first-order chi connectivity index (χ1) is 12.7. The Labute approximate surface area is 153 Å². The van der Waals surface area contributed by atoms with Crippen LogP contribution in [0.25, 0.3) is 10.9 Å². The zero-order valence-electron chi connectivity index (χ0n) is 15.1. The number of piperidine rings is 1. The Morgan fingerprint density at radius 1 is 1.31 bits per heavy atom. The molecular formula is C21H26N2O3. The molecule has 1 saturated heterocycles. The number of benzene rings is 1. The number of carbonyl (C=O) groups excluding carboxylic acids is 1. The number of esters is 1. The van der Waals surface area contributed by atoms with Crippen molar-refractivity contribution in [2.24, 2.45) is 17.8 Å². The van der Waals surface area contributed by atoms with E-state index in [1.54, 1.807) is 0 Å². The number of H-pyrrole nitrogens is 1. The van der Waals surface area contributed by atoms with Crippen LogP contribution in [0.2, 0.25) is 0 Å². The minimum Gasteiger partial charge on any atom is -0.469 e. The quantitative estimate of drug-likeness (QED) is 0.773. The van der Waals surface area contributed by atoms with Gasteiger partial charge in [0.05, 0.1) is 25.2 Å². The molecule has 5 rings (SSSR count). The number of hydrogen-bond donors (Lipinski definition) is 2. The number of aliphatic hydroxyl groups excluding tert-OH is 1. The van der Waals surface area contributed by atoms with E-state index in [9.17, 15) is 9.90 Å². The number of hydrogen-bond acceptors (Lipinski definition) is 4. The zero-order chi connectivity index (χ0) is 17.8. The highest BCUT2D eigenvalue weighted by Crippen LogP contribution is 2.49. The number of fused-ring (bicyclic) bond motifs is 6. The van der Waals surface area contributed by atoms with Crippen LogP contribution in [0.15, 0.2) is 24.3 Å². The average molecular weight is 354 g/mol. The molecule has 5 atom stereocenters. The Kier molecular flexibility index (Phi) is 3.83. The third-order valence-corrected chi connectivity index (χ3v) is 7.02. The van der Waals surface area contributed by atoms with Crippen molar-refractivity contribution in [3.05, 3.63) is 35.5 Å². The van der Waals surface area contributed by atoms with Crippen molar-refractivity contribution in [3.8, 4) is 0 Å². The smallest absolute Gasteiger partial charge is 0.311 e. The third-order valence-electron chi connectivity index (χ3n) is 7.02. The van der Waals surface area contributed by atoms with Gasteiger partial charge in [0, 0.05) is 29.7 Å². The second kappa shape index (κ2) is 6.10. The molecule has 0 spiro atoms. The number of nitrogens with one attached hydrogen (secondary N) is 1. The lowest BCUT2D eigenvalue weighted by atomic mass is 9.65. The minimum absolute atomic E-state index is 0.199. The number of para-hydroxylation sites is 1. The molecule has 1 saturated carbocycles. The van der Waals surface area contributed by atoms with Gasteiger partial charge >= 0.3 is 5.97 Å². The summed E-state index contributed by atoms with van der Waals surface area (Å²) in [5.41, 5.74) is 3.96. The molecule has 1 aromatic heterocycles. The number of aromatic amines is 1. The van der Waals surface area contributed by atoms with Gasteiger partial charge in [-0.3, -0.25) is 9.69 Å². The van der Waals surface area contributed by atoms with Crippen molar-refractivity contribution < 1.29 is 14.6 Å². The standard InChI is InChI=1S/C21H26N2O3/c1-26-21(25)19-15-10-17-20-14(13-4-2-3-5-16(13)22-20)8-9-23(17)11-12(15)6-7-18(19)24/h2-5,12,15,17-19,22,24H,6-11H2,1H3/t12-,15+,17+,18+,19+/m0/s1. The number of aromatic nitrogens is 1. The van der Waals surface area contributed by atoms with Crippen molar-refractivity contribution >= 4 is 16.9 Å². The van der Waals surface area contributed by atoms with E-state index in [4.69, 9.17) is 4.74 Å². The number of methoxy groups -OCH3 is 1. The van der Waals surface area contributed by atoms with E-state index < -0.39 is 6.10 Å². The normalized spacial score (nSPS) is 34.0. The van der Waals surface area contributed by atoms with Gasteiger partial charge < -0.3 is 14.8 Å². The van der Waals surface area contributed by atoms with Gasteiger partial charge in [-0.05, 0) is 49.1 Å². The Morgan fingerprint density at radius 2 is 2.15 bits per heavy atom. The van der Waals surface area contributed by atoms with E-state index in [1.165, 1.54) is 29.3 Å². The highest BCUT2D eigenvalue weighted by molar-refractivity contribution is 5.85. The molecule has 2 N–H and O–H groups in total. The zero-order valence-corrected chi connectivity index (χ0v) is 15.1. The van der Waals surface area contributed by atoms with Gasteiger partial charge in [-0.2, -0.15) is 0 Å². The van der Waals surface area contributed by atoms with Crippen molar-refractivity contribution in [2.75, 3.05) is 20.2 Å². The number of aliphatic hydroxyl groups is 1. The van der Waals surface area contributed by atoms with Gasteiger partial charge in [0.1, 0.15) is 0 Å². The predicted molar refractivity (Wildman–Crippen MR) is 98.7 cm³/mol. The molecule has 5 nitrogen and oxygen atoms in total. The second-order valence-corrected chi connectivity index (χ2v) is 8.18. The van der Waals surface area contributed by atoms with Crippen molar-refractivity contribution in [2.45, 2.75) is 37.8 Å². The first-order valence-corrected chi connectivity index (χ1v) is 9.76. The van der Waals surface area contributed by atoms with Gasteiger partial charge in [-0.25, -0.2) is 0 Å². The monoisotopic (exact) mass is 354 g/mol. The van der Waals surface area contributed by atoms with Crippen molar-refractivity contribution in [3.63, 3.8) is 0 Å². The Balaban J connectivity index is 1.52. The largest absolute Gasteiger partial charge is 0.469 e. The van der Waals surface area contributed by atoms with Crippen LogP contribution in [-0.2, 0) is 16.0 Å². The summed E-state index contributed by atoms with van der Waals surface area (Å²) in [6.07, 6.45) is 3.14. The lowest BCUT2D eigenvalue weighted by molar-refractivity contribution is -0.160. The van der Waals surface area contributed by atoms with Crippen LogP contribution in [0, 0.1) is 17.8 Å². The van der Waals surface area contributed by atoms with Crippen molar-refractivity contribution in [1.82, 2.24) is 9.88 Å². The summed E-state index contributed by atoms with van der Waals surface area (Å²) in [4.78, 5) is 18.6. The Morgan fingerprint density at radius 3 is 3.00 bits per heavy atom. The van der Waals surface area contributed by atoms with E-state index in [2.05, 4.69) is 34.1 Å². The molecule has 3 heterocycles. The van der Waals surface area contributed by atoms with Crippen LogP contribution in [-0.4, -0.2) is 47.3 Å². The fraction of sp³-hybridized carbons (Fsp3) is 0.571. The SMILES string of the molecule is COC(=O)[C@@H]1[C@@H]2C[C@@H]3c4[nH]c5ccccc5c4CCN3C[C@@H]2CC[C@H]1O. The first kappa shape index (κ1) is 16.3. The number of carbonyl (C=O) groups is 1. The minimum atomic E-state index is -0.568. The number of rotatable bonds is 1. The van der Waals surface area contributed by atoms with E-state index in [0.717, 1.165) is 32.4 Å². The van der Waals surface area contributed by atoms with E-state index in [1.807, 2.05) is 0 Å². The van der Waals surface area contributed by atoms with Gasteiger partial charge in [-0.15, -0.1) is 0 Å². The maximum absolute atomic E-state index is 12.4. The fourth-order valence-corrected chi connectivity index (χ4v) is 5.80. The van der Waals surface area contributed by atoms with Crippen LogP contribution in [0.1, 0.15) is 36.6 Å². The molecule has 2 aliphatic heterocycles. The molecular weight excluding hydrogens is 328 g/mol. The lowest BCUT2D eigenvalue weighted by Crippen LogP contribution is -2.53. The molecule has 138 valence electrons. The van der Waals surface area contributed by atoms with Gasteiger partial charge in [0.2, 0.25) is 0 Å². The molecule has 0 bridgehead atoms. The molecule has 26 heavy (non-hydrogen) atoms. The summed E-state index contributed by atoms with van der Waals surface area (Å²) in [5, 5.41) is 11.8. The maximum atomic E-state index is 12.4. The van der Waals surface area contributed by atoms with E-state index in [-0.39, 0.29) is 17.8 Å². The van der Waals surface area contributed by atoms with Gasteiger partial charge in [0.25, 0.3) is 0 Å². The van der Waals surface area contributed by atoms with Crippen molar-refractivity contribution in [1.29, 1.82) is 0 Å². The summed E-state index contributed by atoms with van der Waals surface area (Å²) >= 11 is 0. The summed E-state index contributed by atoms with van der Waals surface area (Å²) < 4.78 is 5.04. The summed E-state index contributed by atoms with van der Waals surface area (Å²) in [7, 11) is 1.43. The van der Waals surface area contributed by atoms with Gasteiger partial charge in [-0.1, -0.05) is 18.2 Å². The number of ether oxygens (including phenoxy) is 1. The van der Waals surface area contributed by atoms with Crippen LogP contribution >= 0.6 is 0 Å². The van der Waals surface area contributed by atoms with E-state index in [0.29, 0.717) is 18.4 Å². The average Bonchev–Trinajstić information content (AvgIpc) is 3.05. The first-order valence-electron chi connectivity index (χ1n) is 9.76. The summed E-state index contributed by atoms with van der Waals surface area (Å²) in [6, 6.07) is 8.83. The summed E-state index contributed by atoms with van der Waals surface area (Å²) in [6.45, 7) is 2.10. The highest BCUT2D eigenvalue weighted by atomic mass is 16.5. The second-order valence-electron chi connectivity index (χ2n) is 8.18.